The summed E-state index contributed by atoms with van der Waals surface area (Å²) in [6.07, 6.45) is 1.80. The molecule has 2 N–H and O–H groups in total. The minimum atomic E-state index is -0.321. The molecule has 11 heteroatoms. The van der Waals surface area contributed by atoms with Gasteiger partial charge in [0.1, 0.15) is 5.69 Å². The Balaban J connectivity index is 1.75. The number of halogens is 2. The molecule has 4 rings (SSSR count). The van der Waals surface area contributed by atoms with Gasteiger partial charge in [-0.3, -0.25) is 14.4 Å². The Bertz CT molecular complexity index is 1390. The van der Waals surface area contributed by atoms with Gasteiger partial charge in [-0.1, -0.05) is 23.2 Å². The summed E-state index contributed by atoms with van der Waals surface area (Å²) in [5.74, 6) is -0.205. The number of nitrogens with zero attached hydrogens (tertiary/aromatic N) is 4. The zero-order valence-corrected chi connectivity index (χ0v) is 21.8. The predicted octanol–water partition coefficient (Wildman–Crippen LogP) is 3.70. The van der Waals surface area contributed by atoms with Gasteiger partial charge in [0.25, 0.3) is 17.4 Å². The number of carbonyl (C=O) groups is 2. The van der Waals surface area contributed by atoms with Crippen molar-refractivity contribution in [3.63, 3.8) is 0 Å². The minimum absolute atomic E-state index is 0.0178. The van der Waals surface area contributed by atoms with E-state index in [0.29, 0.717) is 44.9 Å². The minimum Gasteiger partial charge on any atom is -0.354 e. The summed E-state index contributed by atoms with van der Waals surface area (Å²) in [7, 11) is 1.53. The fraction of sp³-hybridized carbons (Fsp3) is 0.320. The molecule has 188 valence electrons. The van der Waals surface area contributed by atoms with Crippen molar-refractivity contribution < 1.29 is 9.59 Å². The number of aromatic nitrogens is 3. The molecule has 0 saturated heterocycles. The summed E-state index contributed by atoms with van der Waals surface area (Å²) in [6, 6.07) is 7.71. The van der Waals surface area contributed by atoms with E-state index in [1.54, 1.807) is 35.2 Å². The Kier molecular flexibility index (Phi) is 7.33. The van der Waals surface area contributed by atoms with Gasteiger partial charge in [-0.15, -0.1) is 0 Å². The lowest BCUT2D eigenvalue weighted by Crippen LogP contribution is -2.46. The molecule has 0 unspecified atom stereocenters. The molecule has 36 heavy (non-hydrogen) atoms. The van der Waals surface area contributed by atoms with E-state index in [9.17, 15) is 14.4 Å². The standard InChI is InChI=1S/C25H26Cl2N6O3/c1-13(2)30-25-31-21-12-32(23(35)15-5-7-18(26)19(27)10-15)14(3)9-17(21)24(36)33(25)16-6-8-20(29-11-16)22(34)28-4/h5-8,10-11,13-14H,9,12H2,1-4H3,(H,28,34)(H,30,31)/t14-/m1/s1. The van der Waals surface area contributed by atoms with Crippen LogP contribution in [0.5, 0.6) is 0 Å². The van der Waals surface area contributed by atoms with Crippen LogP contribution in [0.4, 0.5) is 5.95 Å². The van der Waals surface area contributed by atoms with Crippen molar-refractivity contribution >= 4 is 41.0 Å². The maximum absolute atomic E-state index is 13.7. The average Bonchev–Trinajstić information content (AvgIpc) is 2.85. The van der Waals surface area contributed by atoms with Gasteiger partial charge < -0.3 is 15.5 Å². The van der Waals surface area contributed by atoms with E-state index < -0.39 is 0 Å². The van der Waals surface area contributed by atoms with E-state index in [0.717, 1.165) is 0 Å². The number of nitrogens with one attached hydrogen (secondary N) is 2. The molecule has 3 aromatic rings. The van der Waals surface area contributed by atoms with Crippen LogP contribution >= 0.6 is 23.2 Å². The molecule has 2 amide bonds. The third kappa shape index (κ3) is 4.94. The third-order valence-electron chi connectivity index (χ3n) is 5.92. The van der Waals surface area contributed by atoms with Crippen molar-refractivity contribution in [3.8, 4) is 5.69 Å². The van der Waals surface area contributed by atoms with E-state index in [4.69, 9.17) is 28.2 Å². The Morgan fingerprint density at radius 2 is 1.89 bits per heavy atom. The molecule has 0 aliphatic carbocycles. The van der Waals surface area contributed by atoms with Crippen molar-refractivity contribution in [1.29, 1.82) is 0 Å². The van der Waals surface area contributed by atoms with Crippen LogP contribution in [0.1, 0.15) is 52.9 Å². The summed E-state index contributed by atoms with van der Waals surface area (Å²) in [5.41, 5.74) is 1.95. The predicted molar refractivity (Wildman–Crippen MR) is 139 cm³/mol. The number of hydrogen-bond donors (Lipinski definition) is 2. The molecule has 0 spiro atoms. The van der Waals surface area contributed by atoms with Crippen LogP contribution in [-0.2, 0) is 13.0 Å². The molecule has 2 aromatic heterocycles. The van der Waals surface area contributed by atoms with E-state index in [1.807, 2.05) is 20.8 Å². The van der Waals surface area contributed by atoms with Gasteiger partial charge in [0.15, 0.2) is 0 Å². The summed E-state index contributed by atoms with van der Waals surface area (Å²) in [6.45, 7) is 5.94. The number of pyridine rings is 1. The monoisotopic (exact) mass is 528 g/mol. The molecule has 0 saturated carbocycles. The molecule has 1 aliphatic heterocycles. The number of anilines is 1. The van der Waals surface area contributed by atoms with Crippen molar-refractivity contribution in [1.82, 2.24) is 24.8 Å². The maximum atomic E-state index is 13.7. The fourth-order valence-corrected chi connectivity index (χ4v) is 4.40. The highest BCUT2D eigenvalue weighted by atomic mass is 35.5. The molecular weight excluding hydrogens is 503 g/mol. The zero-order chi connectivity index (χ0) is 26.1. The van der Waals surface area contributed by atoms with Crippen LogP contribution in [0.3, 0.4) is 0 Å². The van der Waals surface area contributed by atoms with Crippen LogP contribution in [0.2, 0.25) is 10.0 Å². The first-order valence-corrected chi connectivity index (χ1v) is 12.2. The molecule has 1 aromatic carbocycles. The molecular formula is C25H26Cl2N6O3. The van der Waals surface area contributed by atoms with Crippen molar-refractivity contribution in [2.75, 3.05) is 12.4 Å². The SMILES string of the molecule is CNC(=O)c1ccc(-n2c(NC(C)C)nc3c(c2=O)C[C@@H](C)N(C(=O)c2ccc(Cl)c(Cl)c2)C3)cn1. The first kappa shape index (κ1) is 25.7. The quantitative estimate of drug-likeness (QED) is 0.522. The molecule has 1 aliphatic rings. The van der Waals surface area contributed by atoms with Crippen molar-refractivity contribution in [2.45, 2.75) is 45.8 Å². The lowest BCUT2D eigenvalue weighted by atomic mass is 9.98. The number of benzene rings is 1. The summed E-state index contributed by atoms with van der Waals surface area (Å²) in [5, 5.41) is 6.42. The summed E-state index contributed by atoms with van der Waals surface area (Å²) >= 11 is 12.1. The van der Waals surface area contributed by atoms with Crippen LogP contribution in [0, 0.1) is 0 Å². The highest BCUT2D eigenvalue weighted by molar-refractivity contribution is 6.42. The smallest absolute Gasteiger partial charge is 0.269 e. The number of rotatable bonds is 5. The fourth-order valence-electron chi connectivity index (χ4n) is 4.10. The van der Waals surface area contributed by atoms with E-state index in [2.05, 4.69) is 15.6 Å². The molecule has 9 nitrogen and oxygen atoms in total. The highest BCUT2D eigenvalue weighted by Crippen LogP contribution is 2.27. The van der Waals surface area contributed by atoms with Gasteiger partial charge >= 0.3 is 0 Å². The average molecular weight is 529 g/mol. The first-order valence-electron chi connectivity index (χ1n) is 11.5. The van der Waals surface area contributed by atoms with Crippen LogP contribution < -0.4 is 16.2 Å². The van der Waals surface area contributed by atoms with Crippen LogP contribution in [0.15, 0.2) is 41.3 Å². The lowest BCUT2D eigenvalue weighted by Gasteiger charge is -2.34. The highest BCUT2D eigenvalue weighted by Gasteiger charge is 2.32. The van der Waals surface area contributed by atoms with Gasteiger partial charge in [-0.2, -0.15) is 0 Å². The Morgan fingerprint density at radius 1 is 1.14 bits per heavy atom. The third-order valence-corrected chi connectivity index (χ3v) is 6.66. The van der Waals surface area contributed by atoms with Crippen LogP contribution in [-0.4, -0.2) is 50.4 Å². The normalized spacial score (nSPS) is 15.0. The molecule has 0 radical (unpaired) electrons. The van der Waals surface area contributed by atoms with Gasteiger partial charge in [0.05, 0.1) is 34.2 Å². The Hall–Kier alpha value is -3.43. The molecule has 1 atom stereocenters. The zero-order valence-electron chi connectivity index (χ0n) is 20.3. The van der Waals surface area contributed by atoms with E-state index in [1.165, 1.54) is 17.8 Å². The first-order chi connectivity index (χ1) is 17.1. The molecule has 0 bridgehead atoms. The Labute approximate surface area is 218 Å². The molecule has 3 heterocycles. The Morgan fingerprint density at radius 3 is 2.50 bits per heavy atom. The number of amides is 2. The topological polar surface area (TPSA) is 109 Å². The largest absolute Gasteiger partial charge is 0.354 e. The number of carbonyl (C=O) groups excluding carboxylic acids is 2. The van der Waals surface area contributed by atoms with E-state index >= 15 is 0 Å². The van der Waals surface area contributed by atoms with E-state index in [-0.39, 0.29) is 41.7 Å². The summed E-state index contributed by atoms with van der Waals surface area (Å²) in [4.78, 5) is 49.5. The van der Waals surface area contributed by atoms with Gasteiger partial charge in [-0.25, -0.2) is 14.5 Å². The second kappa shape index (κ2) is 10.3. The number of hydrogen-bond acceptors (Lipinski definition) is 6. The second-order valence-corrected chi connectivity index (χ2v) is 9.71. The number of fused-ring (bicyclic) bond motifs is 1. The van der Waals surface area contributed by atoms with Gasteiger partial charge in [0, 0.05) is 30.3 Å². The van der Waals surface area contributed by atoms with Crippen LogP contribution in [0.25, 0.3) is 5.69 Å². The van der Waals surface area contributed by atoms with Gasteiger partial charge in [-0.05, 0) is 57.5 Å². The van der Waals surface area contributed by atoms with Crippen molar-refractivity contribution in [2.24, 2.45) is 0 Å². The maximum Gasteiger partial charge on any atom is 0.269 e. The van der Waals surface area contributed by atoms with Crippen molar-refractivity contribution in [3.05, 3.63) is 79.4 Å². The lowest BCUT2D eigenvalue weighted by molar-refractivity contribution is 0.0653. The summed E-state index contributed by atoms with van der Waals surface area (Å²) < 4.78 is 1.46. The van der Waals surface area contributed by atoms with Gasteiger partial charge in [0.2, 0.25) is 5.95 Å². The molecule has 0 fully saturated rings. The second-order valence-electron chi connectivity index (χ2n) is 8.90.